The summed E-state index contributed by atoms with van der Waals surface area (Å²) in [7, 11) is 0. The molecular formula is C13H19FO. The smallest absolute Gasteiger partial charge is 0.128 e. The van der Waals surface area contributed by atoms with Gasteiger partial charge in [0.2, 0.25) is 0 Å². The van der Waals surface area contributed by atoms with E-state index in [1.165, 1.54) is 6.07 Å². The van der Waals surface area contributed by atoms with Gasteiger partial charge in [0.25, 0.3) is 0 Å². The molecule has 1 aromatic rings. The Labute approximate surface area is 90.9 Å². The minimum atomic E-state index is -0.662. The summed E-state index contributed by atoms with van der Waals surface area (Å²) in [6.07, 6.45) is 1.99. The summed E-state index contributed by atoms with van der Waals surface area (Å²) in [6.45, 7) is 4.30. The fraction of sp³-hybridized carbons (Fsp3) is 0.538. The normalized spacial score (nSPS) is 13.1. The number of aliphatic hydroxyl groups excluding tert-OH is 1. The Morgan fingerprint density at radius 1 is 1.20 bits per heavy atom. The second-order valence-electron chi connectivity index (χ2n) is 4.36. The summed E-state index contributed by atoms with van der Waals surface area (Å²) in [5.41, 5.74) is 0.418. The van der Waals surface area contributed by atoms with Crippen LogP contribution in [0.5, 0.6) is 0 Å². The van der Waals surface area contributed by atoms with Crippen LogP contribution in [0.25, 0.3) is 0 Å². The highest BCUT2D eigenvalue weighted by Crippen LogP contribution is 2.22. The van der Waals surface area contributed by atoms with Crippen molar-refractivity contribution in [1.82, 2.24) is 0 Å². The Morgan fingerprint density at radius 2 is 1.87 bits per heavy atom. The Bertz CT molecular complexity index is 296. The fourth-order valence-corrected chi connectivity index (χ4v) is 1.62. The van der Waals surface area contributed by atoms with Gasteiger partial charge in [0.15, 0.2) is 0 Å². The van der Waals surface area contributed by atoms with E-state index in [1.807, 2.05) is 0 Å². The van der Waals surface area contributed by atoms with Crippen LogP contribution in [0.3, 0.4) is 0 Å². The largest absolute Gasteiger partial charge is 0.388 e. The molecule has 84 valence electrons. The van der Waals surface area contributed by atoms with Crippen LogP contribution < -0.4 is 0 Å². The van der Waals surface area contributed by atoms with Crippen molar-refractivity contribution in [3.63, 3.8) is 0 Å². The van der Waals surface area contributed by atoms with Gasteiger partial charge >= 0.3 is 0 Å². The molecule has 2 heteroatoms. The second kappa shape index (κ2) is 5.86. The molecule has 0 aliphatic heterocycles. The number of rotatable bonds is 5. The minimum absolute atomic E-state index is 0.311. The van der Waals surface area contributed by atoms with Crippen molar-refractivity contribution in [3.8, 4) is 0 Å². The highest BCUT2D eigenvalue weighted by molar-refractivity contribution is 5.19. The molecule has 1 aromatic carbocycles. The van der Waals surface area contributed by atoms with E-state index in [0.29, 0.717) is 17.9 Å². The Balaban J connectivity index is 2.47. The van der Waals surface area contributed by atoms with Crippen LogP contribution in [0.2, 0.25) is 0 Å². The van der Waals surface area contributed by atoms with Crippen LogP contribution in [0.4, 0.5) is 4.39 Å². The first-order chi connectivity index (χ1) is 7.11. The molecule has 1 unspecified atom stereocenters. The molecule has 0 spiro atoms. The van der Waals surface area contributed by atoms with Crippen LogP contribution in [0, 0.1) is 11.7 Å². The predicted octanol–water partition coefficient (Wildman–Crippen LogP) is 3.69. The van der Waals surface area contributed by atoms with E-state index >= 15 is 0 Å². The molecule has 0 fully saturated rings. The van der Waals surface area contributed by atoms with Gasteiger partial charge in [-0.2, -0.15) is 0 Å². The topological polar surface area (TPSA) is 20.2 Å². The molecule has 0 aliphatic carbocycles. The lowest BCUT2D eigenvalue weighted by Gasteiger charge is -2.12. The van der Waals surface area contributed by atoms with Gasteiger partial charge in [-0.15, -0.1) is 0 Å². The first-order valence-electron chi connectivity index (χ1n) is 5.53. The van der Waals surface area contributed by atoms with Crippen molar-refractivity contribution in [2.75, 3.05) is 0 Å². The van der Waals surface area contributed by atoms with Gasteiger partial charge in [-0.05, 0) is 18.4 Å². The molecule has 1 nitrogen and oxygen atoms in total. The van der Waals surface area contributed by atoms with E-state index < -0.39 is 6.10 Å². The van der Waals surface area contributed by atoms with E-state index in [0.717, 1.165) is 12.8 Å². The van der Waals surface area contributed by atoms with Crippen LogP contribution in [0.1, 0.15) is 44.8 Å². The number of halogens is 1. The number of benzene rings is 1. The quantitative estimate of drug-likeness (QED) is 0.786. The Hall–Kier alpha value is -0.890. The average Bonchev–Trinajstić information content (AvgIpc) is 2.17. The molecule has 0 radical (unpaired) electrons. The lowest BCUT2D eigenvalue weighted by Crippen LogP contribution is -2.01. The van der Waals surface area contributed by atoms with Gasteiger partial charge < -0.3 is 5.11 Å². The van der Waals surface area contributed by atoms with Crippen molar-refractivity contribution in [1.29, 1.82) is 0 Å². The monoisotopic (exact) mass is 210 g/mol. The summed E-state index contributed by atoms with van der Waals surface area (Å²) in [6, 6.07) is 6.43. The number of hydrogen-bond acceptors (Lipinski definition) is 1. The van der Waals surface area contributed by atoms with E-state index in [-0.39, 0.29) is 5.82 Å². The number of hydrogen-bond donors (Lipinski definition) is 1. The van der Waals surface area contributed by atoms with Gasteiger partial charge in [-0.1, -0.05) is 44.9 Å². The standard InChI is InChI=1S/C13H19FO/c1-10(2)6-5-9-13(15)11-7-3-4-8-12(11)14/h3-4,7-8,10,13,15H,5-6,9H2,1-2H3. The first-order valence-corrected chi connectivity index (χ1v) is 5.53. The zero-order valence-corrected chi connectivity index (χ0v) is 9.41. The first kappa shape index (κ1) is 12.2. The van der Waals surface area contributed by atoms with E-state index in [9.17, 15) is 9.50 Å². The van der Waals surface area contributed by atoms with Gasteiger partial charge in [-0.3, -0.25) is 0 Å². The average molecular weight is 210 g/mol. The fourth-order valence-electron chi connectivity index (χ4n) is 1.62. The molecule has 0 aromatic heterocycles. The van der Waals surface area contributed by atoms with Crippen LogP contribution in [-0.2, 0) is 0 Å². The molecule has 0 aliphatic rings. The van der Waals surface area contributed by atoms with Crippen LogP contribution in [0.15, 0.2) is 24.3 Å². The molecular weight excluding hydrogens is 191 g/mol. The van der Waals surface area contributed by atoms with E-state index in [1.54, 1.807) is 18.2 Å². The van der Waals surface area contributed by atoms with Crippen molar-refractivity contribution in [3.05, 3.63) is 35.6 Å². The lowest BCUT2D eigenvalue weighted by atomic mass is 10.00. The SMILES string of the molecule is CC(C)CCCC(O)c1ccccc1F. The maximum Gasteiger partial charge on any atom is 0.128 e. The molecule has 0 saturated heterocycles. The maximum atomic E-state index is 13.3. The molecule has 1 N–H and O–H groups in total. The van der Waals surface area contributed by atoms with E-state index in [2.05, 4.69) is 13.8 Å². The highest BCUT2D eigenvalue weighted by atomic mass is 19.1. The predicted molar refractivity (Wildman–Crippen MR) is 60.0 cm³/mol. The molecule has 0 saturated carbocycles. The number of aliphatic hydroxyl groups is 1. The van der Waals surface area contributed by atoms with Crippen molar-refractivity contribution in [2.24, 2.45) is 5.92 Å². The van der Waals surface area contributed by atoms with E-state index in [4.69, 9.17) is 0 Å². The van der Waals surface area contributed by atoms with Crippen LogP contribution >= 0.6 is 0 Å². The summed E-state index contributed by atoms with van der Waals surface area (Å²) in [5, 5.41) is 9.77. The zero-order valence-electron chi connectivity index (χ0n) is 9.41. The highest BCUT2D eigenvalue weighted by Gasteiger charge is 2.11. The van der Waals surface area contributed by atoms with Gasteiger partial charge in [0, 0.05) is 5.56 Å². The van der Waals surface area contributed by atoms with Crippen LogP contribution in [-0.4, -0.2) is 5.11 Å². The Morgan fingerprint density at radius 3 is 2.47 bits per heavy atom. The summed E-state index contributed by atoms with van der Waals surface area (Å²) in [4.78, 5) is 0. The third-order valence-electron chi connectivity index (χ3n) is 2.52. The third-order valence-corrected chi connectivity index (χ3v) is 2.52. The molecule has 0 amide bonds. The van der Waals surface area contributed by atoms with Gasteiger partial charge in [0.1, 0.15) is 5.82 Å². The second-order valence-corrected chi connectivity index (χ2v) is 4.36. The molecule has 1 rings (SSSR count). The molecule has 1 atom stereocenters. The molecule has 0 heterocycles. The Kier molecular flexibility index (Phi) is 4.76. The third kappa shape index (κ3) is 4.00. The molecule has 15 heavy (non-hydrogen) atoms. The summed E-state index contributed by atoms with van der Waals surface area (Å²) < 4.78 is 13.3. The summed E-state index contributed by atoms with van der Waals surface area (Å²) in [5.74, 6) is 0.326. The van der Waals surface area contributed by atoms with Crippen molar-refractivity contribution >= 4 is 0 Å². The zero-order chi connectivity index (χ0) is 11.3. The minimum Gasteiger partial charge on any atom is -0.388 e. The lowest BCUT2D eigenvalue weighted by molar-refractivity contribution is 0.157. The van der Waals surface area contributed by atoms with Crippen molar-refractivity contribution < 1.29 is 9.50 Å². The maximum absolute atomic E-state index is 13.3. The van der Waals surface area contributed by atoms with Crippen molar-refractivity contribution in [2.45, 2.75) is 39.2 Å². The molecule has 0 bridgehead atoms. The summed E-state index contributed by atoms with van der Waals surface area (Å²) >= 11 is 0. The van der Waals surface area contributed by atoms with Gasteiger partial charge in [0.05, 0.1) is 6.10 Å². The van der Waals surface area contributed by atoms with Gasteiger partial charge in [-0.25, -0.2) is 4.39 Å².